The number of hydrogen-bond acceptors (Lipinski definition) is 7. The second-order valence-corrected chi connectivity index (χ2v) is 19.7. The van der Waals surface area contributed by atoms with E-state index >= 15 is 4.79 Å². The number of rotatable bonds is 14. The molecule has 4 aliphatic carbocycles. The molecular formula is C42H69N7O5. The van der Waals surface area contributed by atoms with Crippen LogP contribution in [0.4, 0.5) is 0 Å². The van der Waals surface area contributed by atoms with Gasteiger partial charge in [-0.2, -0.15) is 0 Å². The van der Waals surface area contributed by atoms with Crippen LogP contribution in [0.25, 0.3) is 0 Å². The van der Waals surface area contributed by atoms with Crippen molar-refractivity contribution < 1.29 is 24.0 Å². The van der Waals surface area contributed by atoms with Crippen LogP contribution in [0.3, 0.4) is 0 Å². The Morgan fingerprint density at radius 3 is 2.07 bits per heavy atom. The third kappa shape index (κ3) is 7.34. The summed E-state index contributed by atoms with van der Waals surface area (Å²) in [7, 11) is 0. The van der Waals surface area contributed by atoms with Crippen LogP contribution < -0.4 is 21.7 Å². The Morgan fingerprint density at radius 2 is 1.56 bits per heavy atom. The maximum absolute atomic E-state index is 15.1. The zero-order chi connectivity index (χ0) is 39.4. The molecule has 2 aliphatic heterocycles. The summed E-state index contributed by atoms with van der Waals surface area (Å²) >= 11 is 0. The van der Waals surface area contributed by atoms with Crippen molar-refractivity contribution in [2.24, 2.45) is 44.2 Å². The van der Waals surface area contributed by atoms with Gasteiger partial charge in [-0.3, -0.25) is 33.9 Å². The summed E-state index contributed by atoms with van der Waals surface area (Å²) < 4.78 is 0. The standard InChI is InChI=1S/C42H69N7O5/c1-9-14-29(32(50)37(53)44-28-17-18-28)45-35(51)30-21-42(40(7,8)41(42)19-13-20-41)24-49(30)38(54)33(39(4,5)6)47-36(52)31(26-15-11-10-12-16-26)46-34(43)27-22-48(23-27)25(2)3/h25-31,33H,9-24H2,1-8H3,(H2,43,46)(H,44,53)(H,45,51)(H,47,52)/t29-,30-,31?,33+,42+/m0/s1. The molecule has 6 fully saturated rings. The maximum atomic E-state index is 15.1. The first-order chi connectivity index (χ1) is 25.4. The summed E-state index contributed by atoms with van der Waals surface area (Å²) in [6, 6.07) is -2.97. The molecule has 54 heavy (non-hydrogen) atoms. The lowest BCUT2D eigenvalue weighted by molar-refractivity contribution is -0.145. The topological polar surface area (TPSA) is 166 Å². The largest absolute Gasteiger partial charge is 0.387 e. The van der Waals surface area contributed by atoms with Crippen molar-refractivity contribution in [1.29, 1.82) is 0 Å². The fourth-order valence-electron chi connectivity index (χ4n) is 10.8. The van der Waals surface area contributed by atoms with Crippen molar-refractivity contribution in [2.75, 3.05) is 19.6 Å². The summed E-state index contributed by atoms with van der Waals surface area (Å²) in [5.74, 6) is -1.63. The van der Waals surface area contributed by atoms with E-state index in [1.54, 1.807) is 4.90 Å². The summed E-state index contributed by atoms with van der Waals surface area (Å²) in [5, 5.41) is 8.91. The van der Waals surface area contributed by atoms with Gasteiger partial charge in [0.1, 0.15) is 24.0 Å². The molecule has 6 rings (SSSR count). The van der Waals surface area contributed by atoms with Crippen LogP contribution in [-0.2, 0) is 24.0 Å². The molecule has 2 heterocycles. The van der Waals surface area contributed by atoms with E-state index in [-0.39, 0.29) is 45.9 Å². The van der Waals surface area contributed by atoms with Crippen molar-refractivity contribution in [3.8, 4) is 0 Å². The zero-order valence-corrected chi connectivity index (χ0v) is 34.4. The first-order valence-corrected chi connectivity index (χ1v) is 21.2. The molecule has 5 N–H and O–H groups in total. The number of nitrogens with one attached hydrogen (secondary N) is 3. The van der Waals surface area contributed by atoms with Gasteiger partial charge in [-0.1, -0.05) is 73.6 Å². The van der Waals surface area contributed by atoms with Gasteiger partial charge in [0.05, 0.1) is 6.04 Å². The Labute approximate surface area is 323 Å². The van der Waals surface area contributed by atoms with Crippen molar-refractivity contribution in [2.45, 2.75) is 175 Å². The molecule has 0 aromatic heterocycles. The van der Waals surface area contributed by atoms with Crippen molar-refractivity contribution in [3.05, 3.63) is 0 Å². The van der Waals surface area contributed by atoms with Gasteiger partial charge in [0.2, 0.25) is 23.5 Å². The average Bonchev–Trinajstić information content (AvgIpc) is 3.89. The normalized spacial score (nSPS) is 28.6. The number of amides is 4. The molecule has 2 spiro atoms. The number of ketones is 1. The molecule has 12 nitrogen and oxygen atoms in total. The minimum atomic E-state index is -0.972. The molecule has 4 amide bonds. The SMILES string of the molecule is CCC[C@H](NC(=O)[C@@H]1C[C@@]2(CN1C(=O)[C@@H](NC(=O)C(N=C(N)C1CN(C(C)C)C1)C1CCCCC1)C(C)(C)C)C(C)(C)C21CCC1)C(=O)C(=O)NC1CC1. The van der Waals surface area contributed by atoms with Gasteiger partial charge in [0.25, 0.3) is 5.91 Å². The van der Waals surface area contributed by atoms with E-state index in [0.717, 1.165) is 77.3 Å². The van der Waals surface area contributed by atoms with Gasteiger partial charge in [-0.25, -0.2) is 0 Å². The average molecular weight is 752 g/mol. The van der Waals surface area contributed by atoms with Gasteiger partial charge in [0.15, 0.2) is 0 Å². The highest BCUT2D eigenvalue weighted by molar-refractivity contribution is 6.38. The Morgan fingerprint density at radius 1 is 0.907 bits per heavy atom. The fraction of sp³-hybridized carbons (Fsp3) is 0.857. The summed E-state index contributed by atoms with van der Waals surface area (Å²) in [6.07, 6.45) is 11.3. The molecule has 0 aromatic rings. The molecule has 4 saturated carbocycles. The van der Waals surface area contributed by atoms with Gasteiger partial charge >= 0.3 is 0 Å². The van der Waals surface area contributed by atoms with E-state index in [1.165, 1.54) is 0 Å². The van der Waals surface area contributed by atoms with Crippen molar-refractivity contribution in [1.82, 2.24) is 25.8 Å². The number of nitrogens with zero attached hydrogens (tertiary/aromatic N) is 3. The predicted octanol–water partition coefficient (Wildman–Crippen LogP) is 4.09. The number of likely N-dealkylation sites (tertiary alicyclic amines) is 2. The molecule has 6 aliphatic rings. The third-order valence-corrected chi connectivity index (χ3v) is 14.9. The molecule has 302 valence electrons. The van der Waals surface area contributed by atoms with E-state index in [4.69, 9.17) is 10.7 Å². The van der Waals surface area contributed by atoms with Crippen molar-refractivity contribution in [3.63, 3.8) is 0 Å². The quantitative estimate of drug-likeness (QED) is 0.118. The van der Waals surface area contributed by atoms with E-state index < -0.39 is 47.2 Å². The molecule has 2 saturated heterocycles. The monoisotopic (exact) mass is 752 g/mol. The third-order valence-electron chi connectivity index (χ3n) is 14.9. The Bertz CT molecular complexity index is 1500. The van der Waals surface area contributed by atoms with E-state index in [9.17, 15) is 19.2 Å². The molecule has 0 aromatic carbocycles. The lowest BCUT2D eigenvalue weighted by Crippen LogP contribution is -2.60. The van der Waals surface area contributed by atoms with E-state index in [1.807, 2.05) is 27.7 Å². The van der Waals surface area contributed by atoms with Crippen LogP contribution in [0.1, 0.15) is 139 Å². The smallest absolute Gasteiger partial charge is 0.289 e. The maximum Gasteiger partial charge on any atom is 0.289 e. The number of nitrogens with two attached hydrogens (primary N) is 1. The molecule has 5 atom stereocenters. The number of aliphatic imine (C=N–C) groups is 1. The van der Waals surface area contributed by atoms with Gasteiger partial charge in [-0.05, 0) is 87.4 Å². The number of hydrogen-bond donors (Lipinski definition) is 4. The molecular weight excluding hydrogens is 683 g/mol. The lowest BCUT2D eigenvalue weighted by atomic mass is 9.73. The van der Waals surface area contributed by atoms with Gasteiger partial charge in [0, 0.05) is 43.1 Å². The van der Waals surface area contributed by atoms with Gasteiger partial charge in [-0.15, -0.1) is 0 Å². The number of amidine groups is 1. The zero-order valence-electron chi connectivity index (χ0n) is 34.4. The second-order valence-electron chi connectivity index (χ2n) is 19.7. The van der Waals surface area contributed by atoms with Crippen LogP contribution in [0.5, 0.6) is 0 Å². The molecule has 1 unspecified atom stereocenters. The Kier molecular flexibility index (Phi) is 11.4. The Balaban J connectivity index is 1.26. The molecule has 0 radical (unpaired) electrons. The van der Waals surface area contributed by atoms with E-state index in [2.05, 4.69) is 48.5 Å². The number of carbonyl (C=O) groups excluding carboxylic acids is 5. The molecule has 12 heteroatoms. The number of carbonyl (C=O) groups is 5. The highest BCUT2D eigenvalue weighted by atomic mass is 16.2. The molecule has 0 bridgehead atoms. The predicted molar refractivity (Wildman–Crippen MR) is 209 cm³/mol. The van der Waals surface area contributed by atoms with Gasteiger partial charge < -0.3 is 26.6 Å². The first-order valence-electron chi connectivity index (χ1n) is 21.2. The second kappa shape index (κ2) is 15.1. The highest BCUT2D eigenvalue weighted by Gasteiger charge is 2.85. The number of Topliss-reactive ketones (excluding diaryl/α,β-unsaturated/α-hetero) is 1. The van der Waals surface area contributed by atoms with Crippen LogP contribution >= 0.6 is 0 Å². The van der Waals surface area contributed by atoms with Crippen molar-refractivity contribution >= 4 is 35.2 Å². The number of fused-ring (bicyclic) bond motifs is 1. The van der Waals surface area contributed by atoms with Crippen LogP contribution in [0.15, 0.2) is 4.99 Å². The van der Waals surface area contributed by atoms with E-state index in [0.29, 0.717) is 37.7 Å². The minimum absolute atomic E-state index is 0.0239. The highest BCUT2D eigenvalue weighted by Crippen LogP contribution is 2.88. The first kappa shape index (κ1) is 40.6. The Hall–Kier alpha value is -3.02. The lowest BCUT2D eigenvalue weighted by Gasteiger charge is -2.42. The van der Waals surface area contributed by atoms with Crippen LogP contribution in [0.2, 0.25) is 0 Å². The van der Waals surface area contributed by atoms with Crippen LogP contribution in [-0.4, -0.2) is 101 Å². The summed E-state index contributed by atoms with van der Waals surface area (Å²) in [6.45, 7) is 18.7. The van der Waals surface area contributed by atoms with Crippen LogP contribution in [0, 0.1) is 33.5 Å². The minimum Gasteiger partial charge on any atom is -0.387 e. The summed E-state index contributed by atoms with van der Waals surface area (Å²) in [5.41, 5.74) is 5.68. The fourth-order valence-corrected chi connectivity index (χ4v) is 10.8. The summed E-state index contributed by atoms with van der Waals surface area (Å²) in [4.78, 5) is 79.2.